The smallest absolute Gasteiger partial charge is 0.262 e. The minimum absolute atomic E-state index is 0.0758. The van der Waals surface area contributed by atoms with E-state index < -0.39 is 31.3 Å². The lowest BCUT2D eigenvalue weighted by atomic mass is 9.87. The van der Waals surface area contributed by atoms with Gasteiger partial charge in [0.25, 0.3) is 13.4 Å². The molecular formula is C26H40N7O5P. The summed E-state index contributed by atoms with van der Waals surface area (Å²) < 4.78 is 27.2. The standard InChI is InChI=1S/C26H40N7O5P/c1-8-37-24(35)26(6,7)32-39(36,31-23(34)18-9-11-19(12-10-18)25(3,4)5)16-38-17(2)13-33-15-30-20-21(27)28-14-29-22(20)33/h9-12,14-15,17,24,35H,8,13,16H2,1-7H3,(H2,27,28,29)(H2,31,32,34,36)/t17-,24?,39+/m1/s1. The number of nitrogen functional groups attached to an aromatic ring is 1. The molecule has 0 fully saturated rings. The van der Waals surface area contributed by atoms with Crippen LogP contribution in [-0.2, 0) is 26.0 Å². The molecule has 3 atom stereocenters. The maximum absolute atomic E-state index is 14.1. The van der Waals surface area contributed by atoms with Gasteiger partial charge in [0.2, 0.25) is 0 Å². The minimum Gasteiger partial charge on any atom is -0.382 e. The van der Waals surface area contributed by atoms with Crippen LogP contribution in [0.4, 0.5) is 5.82 Å². The van der Waals surface area contributed by atoms with Crippen LogP contribution in [0.2, 0.25) is 0 Å². The van der Waals surface area contributed by atoms with E-state index in [0.717, 1.165) is 5.56 Å². The Bertz CT molecular complexity index is 1320. The molecule has 0 spiro atoms. The van der Waals surface area contributed by atoms with Crippen molar-refractivity contribution in [3.05, 3.63) is 48.0 Å². The molecule has 3 rings (SSSR count). The van der Waals surface area contributed by atoms with Crippen LogP contribution in [0, 0.1) is 0 Å². The maximum atomic E-state index is 14.1. The first-order valence-electron chi connectivity index (χ1n) is 12.8. The predicted molar refractivity (Wildman–Crippen MR) is 150 cm³/mol. The monoisotopic (exact) mass is 561 g/mol. The summed E-state index contributed by atoms with van der Waals surface area (Å²) in [5.41, 5.74) is 7.07. The van der Waals surface area contributed by atoms with Crippen LogP contribution in [0.1, 0.15) is 64.4 Å². The van der Waals surface area contributed by atoms with Gasteiger partial charge in [-0.15, -0.1) is 0 Å². The molecule has 2 aromatic heterocycles. The highest BCUT2D eigenvalue weighted by Gasteiger charge is 2.38. The number of aliphatic hydroxyl groups is 1. The second-order valence-corrected chi connectivity index (χ2v) is 13.3. The topological polar surface area (TPSA) is 167 Å². The van der Waals surface area contributed by atoms with E-state index in [1.807, 2.05) is 12.1 Å². The molecule has 0 saturated carbocycles. The van der Waals surface area contributed by atoms with Crippen molar-refractivity contribution < 1.29 is 23.9 Å². The number of aliphatic hydroxyl groups excluding tert-OH is 1. The fourth-order valence-corrected chi connectivity index (χ4v) is 6.07. The quantitative estimate of drug-likeness (QED) is 0.190. The summed E-state index contributed by atoms with van der Waals surface area (Å²) in [5.74, 6) is -0.258. The van der Waals surface area contributed by atoms with E-state index in [0.29, 0.717) is 23.3 Å². The average molecular weight is 562 g/mol. The summed E-state index contributed by atoms with van der Waals surface area (Å²) in [6.07, 6.45) is 0.869. The Hall–Kier alpha value is -2.89. The van der Waals surface area contributed by atoms with E-state index in [2.05, 4.69) is 45.9 Å². The molecule has 13 heteroatoms. The highest BCUT2D eigenvalue weighted by atomic mass is 31.2. The molecule has 2 heterocycles. The zero-order valence-corrected chi connectivity index (χ0v) is 24.5. The normalized spacial score (nSPS) is 15.6. The molecule has 0 aliphatic heterocycles. The number of nitrogens with zero attached hydrogens (tertiary/aromatic N) is 4. The van der Waals surface area contributed by atoms with Gasteiger partial charge in [-0.25, -0.2) is 20.0 Å². The van der Waals surface area contributed by atoms with Gasteiger partial charge in [-0.3, -0.25) is 14.4 Å². The van der Waals surface area contributed by atoms with Gasteiger partial charge >= 0.3 is 0 Å². The molecule has 3 aromatic rings. The molecule has 1 unspecified atom stereocenters. The third kappa shape index (κ3) is 7.83. The largest absolute Gasteiger partial charge is 0.382 e. The van der Waals surface area contributed by atoms with Crippen molar-refractivity contribution in [3.63, 3.8) is 0 Å². The summed E-state index contributed by atoms with van der Waals surface area (Å²) in [4.78, 5) is 25.6. The van der Waals surface area contributed by atoms with Crippen molar-refractivity contribution in [2.24, 2.45) is 0 Å². The fourth-order valence-electron chi connectivity index (χ4n) is 3.92. The van der Waals surface area contributed by atoms with E-state index in [1.54, 1.807) is 50.7 Å². The van der Waals surface area contributed by atoms with Crippen LogP contribution >= 0.6 is 7.44 Å². The molecule has 0 saturated heterocycles. The van der Waals surface area contributed by atoms with Gasteiger partial charge in [0.05, 0.1) is 24.5 Å². The van der Waals surface area contributed by atoms with E-state index in [1.165, 1.54) is 6.33 Å². The van der Waals surface area contributed by atoms with Crippen molar-refractivity contribution >= 4 is 30.3 Å². The van der Waals surface area contributed by atoms with E-state index >= 15 is 0 Å². The maximum Gasteiger partial charge on any atom is 0.262 e. The number of hydrogen-bond donors (Lipinski definition) is 4. The third-order valence-electron chi connectivity index (χ3n) is 6.13. The fraction of sp³-hybridized carbons (Fsp3) is 0.538. The second-order valence-electron chi connectivity index (χ2n) is 11.1. The van der Waals surface area contributed by atoms with E-state index in [4.69, 9.17) is 15.2 Å². The number of nitrogens with two attached hydrogens (primary N) is 1. The molecule has 0 bridgehead atoms. The van der Waals surface area contributed by atoms with Crippen molar-refractivity contribution in [1.29, 1.82) is 0 Å². The lowest BCUT2D eigenvalue weighted by Crippen LogP contribution is -2.51. The SMILES string of the molecule is CCOC(O)C(C)(C)N[P@](=O)(CO[C@H](C)Cn1cnc2c(N)ncnc21)NC(=O)c1ccc(C(C)(C)C)cc1. The molecule has 1 amide bonds. The van der Waals surface area contributed by atoms with Crippen LogP contribution in [0.5, 0.6) is 0 Å². The number of fused-ring (bicyclic) bond motifs is 1. The number of rotatable bonds is 12. The number of carbonyl (C=O) groups is 1. The number of aromatic nitrogens is 4. The number of amides is 1. The first kappa shape index (κ1) is 30.6. The van der Waals surface area contributed by atoms with Gasteiger partial charge in [-0.2, -0.15) is 0 Å². The molecular weight excluding hydrogens is 521 g/mol. The van der Waals surface area contributed by atoms with Gasteiger partial charge < -0.3 is 24.9 Å². The van der Waals surface area contributed by atoms with Gasteiger partial charge in [-0.1, -0.05) is 32.9 Å². The molecule has 0 radical (unpaired) electrons. The molecule has 5 N–H and O–H groups in total. The highest BCUT2D eigenvalue weighted by molar-refractivity contribution is 7.60. The van der Waals surface area contributed by atoms with Crippen LogP contribution < -0.4 is 15.9 Å². The Balaban J connectivity index is 1.78. The predicted octanol–water partition coefficient (Wildman–Crippen LogP) is 3.41. The Morgan fingerprint density at radius 1 is 1.13 bits per heavy atom. The van der Waals surface area contributed by atoms with Crippen molar-refractivity contribution in [3.8, 4) is 0 Å². The van der Waals surface area contributed by atoms with Crippen LogP contribution in [0.25, 0.3) is 11.2 Å². The molecule has 1 aromatic carbocycles. The molecule has 214 valence electrons. The zero-order valence-electron chi connectivity index (χ0n) is 23.6. The number of anilines is 1. The first-order chi connectivity index (χ1) is 18.1. The first-order valence-corrected chi connectivity index (χ1v) is 14.7. The lowest BCUT2D eigenvalue weighted by Gasteiger charge is -2.35. The van der Waals surface area contributed by atoms with Gasteiger partial charge in [0.1, 0.15) is 18.2 Å². The van der Waals surface area contributed by atoms with Crippen LogP contribution in [0.3, 0.4) is 0 Å². The number of imidazole rings is 1. The Labute approximate surface area is 229 Å². The van der Waals surface area contributed by atoms with Crippen molar-refractivity contribution in [2.75, 3.05) is 18.7 Å². The Kier molecular flexibility index (Phi) is 9.51. The lowest BCUT2D eigenvalue weighted by molar-refractivity contribution is -0.135. The minimum atomic E-state index is -3.77. The number of carbonyl (C=O) groups excluding carboxylic acids is 1. The van der Waals surface area contributed by atoms with Crippen LogP contribution in [0.15, 0.2) is 36.9 Å². The van der Waals surface area contributed by atoms with Gasteiger partial charge in [0, 0.05) is 12.2 Å². The molecule has 0 aliphatic carbocycles. The summed E-state index contributed by atoms with van der Waals surface area (Å²) >= 11 is 0. The average Bonchev–Trinajstić information content (AvgIpc) is 3.26. The summed E-state index contributed by atoms with van der Waals surface area (Å²) in [5, 5.41) is 16.0. The highest BCUT2D eigenvalue weighted by Crippen LogP contribution is 2.40. The van der Waals surface area contributed by atoms with Gasteiger partial charge in [-0.05, 0) is 50.8 Å². The molecule has 12 nitrogen and oxygen atoms in total. The summed E-state index contributed by atoms with van der Waals surface area (Å²) in [6.45, 7) is 13.6. The molecule has 39 heavy (non-hydrogen) atoms. The number of ether oxygens (including phenoxy) is 2. The number of benzene rings is 1. The second kappa shape index (κ2) is 12.1. The Morgan fingerprint density at radius 3 is 2.41 bits per heavy atom. The Morgan fingerprint density at radius 2 is 1.79 bits per heavy atom. The van der Waals surface area contributed by atoms with Crippen molar-refractivity contribution in [1.82, 2.24) is 29.7 Å². The third-order valence-corrected chi connectivity index (χ3v) is 8.14. The van der Waals surface area contributed by atoms with E-state index in [9.17, 15) is 14.5 Å². The zero-order chi connectivity index (χ0) is 29.0. The molecule has 0 aliphatic rings. The number of hydrogen-bond acceptors (Lipinski definition) is 9. The number of nitrogens with one attached hydrogen (secondary N) is 2. The van der Waals surface area contributed by atoms with Gasteiger partial charge in [0.15, 0.2) is 17.8 Å². The summed E-state index contributed by atoms with van der Waals surface area (Å²) in [6, 6.07) is 7.14. The van der Waals surface area contributed by atoms with Crippen LogP contribution in [-0.4, -0.2) is 61.4 Å². The van der Waals surface area contributed by atoms with Crippen molar-refractivity contribution in [2.45, 2.75) is 78.4 Å². The van der Waals surface area contributed by atoms with E-state index in [-0.39, 0.29) is 24.2 Å². The summed E-state index contributed by atoms with van der Waals surface area (Å²) in [7, 11) is -3.77.